The van der Waals surface area contributed by atoms with Crippen molar-refractivity contribution < 1.29 is 0 Å². The molecular weight excluding hydrogens is 154 g/mol. The van der Waals surface area contributed by atoms with E-state index in [9.17, 15) is 0 Å². The van der Waals surface area contributed by atoms with Gasteiger partial charge in [-0.25, -0.2) is 9.97 Å². The number of aromatic nitrogens is 2. The van der Waals surface area contributed by atoms with Gasteiger partial charge in [-0.15, -0.1) is 0 Å². The van der Waals surface area contributed by atoms with Crippen LogP contribution in [0.3, 0.4) is 0 Å². The molecule has 5 heteroatoms. The molecule has 0 bridgehead atoms. The monoisotopic (exact) mass is 159 g/mol. The van der Waals surface area contributed by atoms with E-state index < -0.39 is 0 Å². The standard InChI is InChI=1S/C7H5N5/c8-12-11-6-1-3-7-9-4-2-5-10-7/h2,4-5H,6H2. The first kappa shape index (κ1) is 8.05. The molecule has 0 N–H and O–H groups in total. The Labute approximate surface area is 69.1 Å². The highest BCUT2D eigenvalue weighted by Crippen LogP contribution is 1.82. The summed E-state index contributed by atoms with van der Waals surface area (Å²) in [6, 6.07) is 1.71. The lowest BCUT2D eigenvalue weighted by atomic mass is 10.5. The highest BCUT2D eigenvalue weighted by molar-refractivity contribution is 5.19. The quantitative estimate of drug-likeness (QED) is 0.266. The van der Waals surface area contributed by atoms with Crippen molar-refractivity contribution in [3.8, 4) is 11.8 Å². The Balaban J connectivity index is 2.61. The van der Waals surface area contributed by atoms with Crippen molar-refractivity contribution in [1.29, 1.82) is 0 Å². The van der Waals surface area contributed by atoms with E-state index >= 15 is 0 Å². The Morgan fingerprint density at radius 2 is 2.25 bits per heavy atom. The first-order valence-corrected chi connectivity index (χ1v) is 3.20. The van der Waals surface area contributed by atoms with Crippen LogP contribution in [0.4, 0.5) is 0 Å². The molecule has 1 heterocycles. The van der Waals surface area contributed by atoms with Crippen LogP contribution in [0.15, 0.2) is 23.6 Å². The molecule has 0 saturated heterocycles. The van der Waals surface area contributed by atoms with Crippen molar-refractivity contribution >= 4 is 0 Å². The lowest BCUT2D eigenvalue weighted by molar-refractivity contribution is 1.12. The Bertz CT molecular complexity index is 341. The van der Waals surface area contributed by atoms with Gasteiger partial charge < -0.3 is 0 Å². The fourth-order valence-electron chi connectivity index (χ4n) is 0.549. The zero-order valence-electron chi connectivity index (χ0n) is 6.18. The van der Waals surface area contributed by atoms with Gasteiger partial charge in [0.1, 0.15) is 0 Å². The third kappa shape index (κ3) is 2.69. The van der Waals surface area contributed by atoms with Gasteiger partial charge in [-0.1, -0.05) is 11.0 Å². The molecule has 58 valence electrons. The summed E-state index contributed by atoms with van der Waals surface area (Å²) < 4.78 is 0. The van der Waals surface area contributed by atoms with Crippen LogP contribution in [-0.2, 0) is 0 Å². The van der Waals surface area contributed by atoms with E-state index in [2.05, 4.69) is 31.8 Å². The van der Waals surface area contributed by atoms with E-state index in [1.807, 2.05) is 0 Å². The van der Waals surface area contributed by atoms with Gasteiger partial charge in [0, 0.05) is 17.3 Å². The zero-order chi connectivity index (χ0) is 8.65. The lowest BCUT2D eigenvalue weighted by Crippen LogP contribution is -1.84. The molecule has 1 rings (SSSR count). The van der Waals surface area contributed by atoms with Gasteiger partial charge in [0.15, 0.2) is 0 Å². The number of azide groups is 1. The molecular formula is C7H5N5. The fourth-order valence-corrected chi connectivity index (χ4v) is 0.549. The molecule has 0 amide bonds. The van der Waals surface area contributed by atoms with Gasteiger partial charge in [0.05, 0.1) is 6.54 Å². The van der Waals surface area contributed by atoms with E-state index in [0.29, 0.717) is 5.82 Å². The van der Waals surface area contributed by atoms with Crippen LogP contribution in [0.25, 0.3) is 10.4 Å². The van der Waals surface area contributed by atoms with Crippen LogP contribution in [0.5, 0.6) is 0 Å². The largest absolute Gasteiger partial charge is 0.229 e. The van der Waals surface area contributed by atoms with E-state index in [1.54, 1.807) is 18.5 Å². The van der Waals surface area contributed by atoms with Crippen LogP contribution >= 0.6 is 0 Å². The topological polar surface area (TPSA) is 74.5 Å². The predicted molar refractivity (Wildman–Crippen MR) is 42.9 cm³/mol. The summed E-state index contributed by atoms with van der Waals surface area (Å²) in [5.41, 5.74) is 7.92. The highest BCUT2D eigenvalue weighted by Gasteiger charge is 1.82. The van der Waals surface area contributed by atoms with Crippen molar-refractivity contribution in [2.24, 2.45) is 5.11 Å². The first-order valence-electron chi connectivity index (χ1n) is 3.20. The summed E-state index contributed by atoms with van der Waals surface area (Å²) in [5, 5.41) is 3.24. The predicted octanol–water partition coefficient (Wildman–Crippen LogP) is 1.14. The van der Waals surface area contributed by atoms with Crippen molar-refractivity contribution in [2.45, 2.75) is 0 Å². The molecule has 1 aromatic rings. The summed E-state index contributed by atoms with van der Waals surface area (Å²) in [6.45, 7) is 0.148. The third-order valence-corrected chi connectivity index (χ3v) is 0.979. The molecule has 0 aromatic carbocycles. The second kappa shape index (κ2) is 4.72. The lowest BCUT2D eigenvalue weighted by Gasteiger charge is -1.82. The fraction of sp³-hybridized carbons (Fsp3) is 0.143. The second-order valence-corrected chi connectivity index (χ2v) is 1.76. The second-order valence-electron chi connectivity index (χ2n) is 1.76. The molecule has 0 fully saturated rings. The number of hydrogen-bond donors (Lipinski definition) is 0. The molecule has 12 heavy (non-hydrogen) atoms. The maximum Gasteiger partial charge on any atom is 0.204 e. The molecule has 0 unspecified atom stereocenters. The van der Waals surface area contributed by atoms with Gasteiger partial charge in [-0.2, -0.15) is 0 Å². The number of hydrogen-bond acceptors (Lipinski definition) is 3. The van der Waals surface area contributed by atoms with Gasteiger partial charge in [-0.05, 0) is 17.5 Å². The molecule has 0 radical (unpaired) electrons. The Morgan fingerprint density at radius 3 is 2.92 bits per heavy atom. The summed E-state index contributed by atoms with van der Waals surface area (Å²) >= 11 is 0. The summed E-state index contributed by atoms with van der Waals surface area (Å²) in [4.78, 5) is 10.3. The van der Waals surface area contributed by atoms with Crippen molar-refractivity contribution in [3.05, 3.63) is 34.7 Å². The summed E-state index contributed by atoms with van der Waals surface area (Å²) in [5.74, 6) is 5.69. The van der Waals surface area contributed by atoms with Crippen molar-refractivity contribution in [1.82, 2.24) is 9.97 Å². The van der Waals surface area contributed by atoms with Crippen molar-refractivity contribution in [2.75, 3.05) is 6.54 Å². The van der Waals surface area contributed by atoms with Crippen LogP contribution in [-0.4, -0.2) is 16.5 Å². The van der Waals surface area contributed by atoms with Crippen LogP contribution < -0.4 is 0 Å². The van der Waals surface area contributed by atoms with Gasteiger partial charge in [0.2, 0.25) is 5.82 Å². The zero-order valence-corrected chi connectivity index (χ0v) is 6.18. The molecule has 0 spiro atoms. The molecule has 0 atom stereocenters. The summed E-state index contributed by atoms with van der Waals surface area (Å²) in [6.07, 6.45) is 3.20. The molecule has 0 aliphatic heterocycles. The minimum absolute atomic E-state index is 0.148. The molecule has 0 aliphatic rings. The van der Waals surface area contributed by atoms with E-state index in [0.717, 1.165) is 0 Å². The smallest absolute Gasteiger partial charge is 0.204 e. The Kier molecular flexibility index (Phi) is 3.16. The first-order chi connectivity index (χ1) is 5.93. The van der Waals surface area contributed by atoms with Gasteiger partial charge in [-0.3, -0.25) is 0 Å². The molecule has 5 nitrogen and oxygen atoms in total. The molecule has 1 aromatic heterocycles. The maximum atomic E-state index is 7.92. The normalized spacial score (nSPS) is 7.67. The average Bonchev–Trinajstić information content (AvgIpc) is 2.14. The van der Waals surface area contributed by atoms with Gasteiger partial charge in [0.25, 0.3) is 0 Å². The number of nitrogens with zero attached hydrogens (tertiary/aromatic N) is 5. The minimum atomic E-state index is 0.148. The minimum Gasteiger partial charge on any atom is -0.229 e. The molecule has 0 saturated carbocycles. The summed E-state index contributed by atoms with van der Waals surface area (Å²) in [7, 11) is 0. The van der Waals surface area contributed by atoms with Crippen LogP contribution in [0.2, 0.25) is 0 Å². The van der Waals surface area contributed by atoms with Crippen LogP contribution in [0, 0.1) is 11.8 Å². The maximum absolute atomic E-state index is 7.92. The third-order valence-electron chi connectivity index (χ3n) is 0.979. The van der Waals surface area contributed by atoms with Crippen LogP contribution in [0.1, 0.15) is 5.82 Å². The van der Waals surface area contributed by atoms with E-state index in [1.165, 1.54) is 0 Å². The van der Waals surface area contributed by atoms with Crippen molar-refractivity contribution in [3.63, 3.8) is 0 Å². The average molecular weight is 159 g/mol. The molecule has 0 aliphatic carbocycles. The van der Waals surface area contributed by atoms with E-state index in [-0.39, 0.29) is 6.54 Å². The SMILES string of the molecule is [N-]=[N+]=NCC#Cc1ncccn1. The Morgan fingerprint density at radius 1 is 1.50 bits per heavy atom. The highest BCUT2D eigenvalue weighted by atomic mass is 15.1. The number of rotatable bonds is 1. The van der Waals surface area contributed by atoms with Gasteiger partial charge >= 0.3 is 0 Å². The van der Waals surface area contributed by atoms with E-state index in [4.69, 9.17) is 5.53 Å². The Hall–Kier alpha value is -2.05.